The highest BCUT2D eigenvalue weighted by Gasteiger charge is 2.40. The predicted molar refractivity (Wildman–Crippen MR) is 128 cm³/mol. The van der Waals surface area contributed by atoms with E-state index in [2.05, 4.69) is 61.3 Å². The SMILES string of the molecule is Cc1ccc(CC(C#Cc2ccc(CCC3(CO)CN3)cc2)c2cc(F)cc(F)c2)cc1C. The molecule has 0 aliphatic carbocycles. The van der Waals surface area contributed by atoms with E-state index in [1.165, 1.54) is 28.8 Å². The van der Waals surface area contributed by atoms with E-state index in [1.54, 1.807) is 0 Å². The molecule has 0 spiro atoms. The summed E-state index contributed by atoms with van der Waals surface area (Å²) >= 11 is 0. The second-order valence-corrected chi connectivity index (χ2v) is 9.14. The minimum Gasteiger partial charge on any atom is -0.394 e. The maximum absolute atomic E-state index is 13.9. The maximum atomic E-state index is 13.9. The Labute approximate surface area is 194 Å². The van der Waals surface area contributed by atoms with Crippen molar-refractivity contribution in [2.24, 2.45) is 0 Å². The third-order valence-corrected chi connectivity index (χ3v) is 6.51. The average Bonchev–Trinajstić information content (AvgIpc) is 3.58. The fraction of sp³-hybridized carbons (Fsp3) is 0.310. The zero-order valence-electron chi connectivity index (χ0n) is 19.1. The number of hydrogen-bond acceptors (Lipinski definition) is 2. The van der Waals surface area contributed by atoms with E-state index in [1.807, 2.05) is 12.1 Å². The third kappa shape index (κ3) is 6.07. The molecule has 4 rings (SSSR count). The molecule has 2 atom stereocenters. The highest BCUT2D eigenvalue weighted by atomic mass is 19.1. The number of benzene rings is 3. The second kappa shape index (κ2) is 9.87. The van der Waals surface area contributed by atoms with Crippen molar-refractivity contribution in [3.63, 3.8) is 0 Å². The summed E-state index contributed by atoms with van der Waals surface area (Å²) in [6, 6.07) is 17.9. The summed E-state index contributed by atoms with van der Waals surface area (Å²) < 4.78 is 27.9. The van der Waals surface area contributed by atoms with Crippen LogP contribution in [-0.4, -0.2) is 23.8 Å². The normalized spacial score (nSPS) is 17.8. The summed E-state index contributed by atoms with van der Waals surface area (Å²) in [5, 5.41) is 12.7. The van der Waals surface area contributed by atoms with Gasteiger partial charge >= 0.3 is 0 Å². The van der Waals surface area contributed by atoms with E-state index in [9.17, 15) is 13.9 Å². The van der Waals surface area contributed by atoms with Crippen LogP contribution in [0, 0.1) is 37.3 Å². The lowest BCUT2D eigenvalue weighted by Gasteiger charge is -2.13. The van der Waals surface area contributed by atoms with E-state index in [0.29, 0.717) is 12.0 Å². The smallest absolute Gasteiger partial charge is 0.126 e. The molecule has 1 aliphatic heterocycles. The second-order valence-electron chi connectivity index (χ2n) is 9.14. The van der Waals surface area contributed by atoms with Crippen LogP contribution in [0.4, 0.5) is 8.78 Å². The van der Waals surface area contributed by atoms with Crippen molar-refractivity contribution in [2.75, 3.05) is 13.2 Å². The maximum Gasteiger partial charge on any atom is 0.126 e. The Morgan fingerprint density at radius 2 is 1.61 bits per heavy atom. The number of halogens is 2. The monoisotopic (exact) mass is 445 g/mol. The largest absolute Gasteiger partial charge is 0.394 e. The molecule has 4 heteroatoms. The number of aliphatic hydroxyl groups excluding tert-OH is 1. The van der Waals surface area contributed by atoms with Crippen LogP contribution in [0.2, 0.25) is 0 Å². The fourth-order valence-electron chi connectivity index (χ4n) is 4.00. The molecule has 1 heterocycles. The van der Waals surface area contributed by atoms with Gasteiger partial charge in [0.15, 0.2) is 0 Å². The summed E-state index contributed by atoms with van der Waals surface area (Å²) in [6.45, 7) is 5.16. The molecule has 0 radical (unpaired) electrons. The van der Waals surface area contributed by atoms with Crippen LogP contribution in [-0.2, 0) is 12.8 Å². The van der Waals surface area contributed by atoms with Gasteiger partial charge in [-0.25, -0.2) is 8.78 Å². The summed E-state index contributed by atoms with van der Waals surface area (Å²) in [4.78, 5) is 0. The minimum atomic E-state index is -0.591. The lowest BCUT2D eigenvalue weighted by atomic mass is 9.90. The Balaban J connectivity index is 1.54. The van der Waals surface area contributed by atoms with Gasteiger partial charge in [-0.05, 0) is 85.2 Å². The number of rotatable bonds is 7. The van der Waals surface area contributed by atoms with Gasteiger partial charge in [0.05, 0.1) is 12.1 Å². The molecule has 1 saturated heterocycles. The Hall–Kier alpha value is -3.00. The minimum absolute atomic E-state index is 0.0970. The van der Waals surface area contributed by atoms with Gasteiger partial charge in [0.2, 0.25) is 0 Å². The molecule has 0 bridgehead atoms. The first-order valence-corrected chi connectivity index (χ1v) is 11.3. The van der Waals surface area contributed by atoms with Gasteiger partial charge in [-0.1, -0.05) is 42.2 Å². The topological polar surface area (TPSA) is 42.2 Å². The Morgan fingerprint density at radius 3 is 2.21 bits per heavy atom. The van der Waals surface area contributed by atoms with Crippen LogP contribution >= 0.6 is 0 Å². The number of nitrogens with one attached hydrogen (secondary N) is 1. The van der Waals surface area contributed by atoms with Crippen molar-refractivity contribution in [3.8, 4) is 11.8 Å². The fourth-order valence-corrected chi connectivity index (χ4v) is 4.00. The first-order valence-electron chi connectivity index (χ1n) is 11.3. The summed E-state index contributed by atoms with van der Waals surface area (Å²) in [5.41, 5.74) is 5.98. The van der Waals surface area contributed by atoms with Crippen molar-refractivity contribution < 1.29 is 13.9 Å². The van der Waals surface area contributed by atoms with Gasteiger partial charge in [-0.2, -0.15) is 0 Å². The molecular weight excluding hydrogens is 416 g/mol. The molecule has 3 aromatic rings. The molecule has 0 aromatic heterocycles. The van der Waals surface area contributed by atoms with Gasteiger partial charge in [0, 0.05) is 24.1 Å². The van der Waals surface area contributed by atoms with Crippen LogP contribution in [0.3, 0.4) is 0 Å². The van der Waals surface area contributed by atoms with Crippen LogP contribution in [0.5, 0.6) is 0 Å². The third-order valence-electron chi connectivity index (χ3n) is 6.51. The predicted octanol–water partition coefficient (Wildman–Crippen LogP) is 5.23. The van der Waals surface area contributed by atoms with E-state index in [4.69, 9.17) is 0 Å². The zero-order valence-corrected chi connectivity index (χ0v) is 19.1. The standard InChI is InChI=1S/C29H29F2NO/c1-20-3-4-24(13-21(20)2)14-25(26-15-27(30)17-28(31)16-26)10-9-22-5-7-23(8-6-22)11-12-29(19-33)18-32-29/h3-8,13,15-17,25,32-33H,11-12,14,18-19H2,1-2H3. The van der Waals surface area contributed by atoms with Crippen molar-refractivity contribution in [1.82, 2.24) is 5.32 Å². The number of aryl methyl sites for hydroxylation is 3. The molecule has 3 aromatic carbocycles. The molecule has 1 aliphatic rings. The van der Waals surface area contributed by atoms with E-state index in [0.717, 1.165) is 36.6 Å². The highest BCUT2D eigenvalue weighted by molar-refractivity contribution is 5.41. The van der Waals surface area contributed by atoms with Gasteiger partial charge in [-0.15, -0.1) is 0 Å². The molecule has 2 N–H and O–H groups in total. The molecule has 33 heavy (non-hydrogen) atoms. The Kier molecular flexibility index (Phi) is 6.93. The molecule has 2 nitrogen and oxygen atoms in total. The summed E-state index contributed by atoms with van der Waals surface area (Å²) in [5.74, 6) is 4.95. The molecule has 0 amide bonds. The van der Waals surface area contributed by atoms with Gasteiger partial charge in [-0.3, -0.25) is 0 Å². The molecular formula is C29H29F2NO. The number of hydrogen-bond donors (Lipinski definition) is 2. The molecule has 170 valence electrons. The average molecular weight is 446 g/mol. The zero-order chi connectivity index (χ0) is 23.4. The van der Waals surface area contributed by atoms with Crippen molar-refractivity contribution in [1.29, 1.82) is 0 Å². The van der Waals surface area contributed by atoms with Gasteiger partial charge in [0.25, 0.3) is 0 Å². The molecule has 2 unspecified atom stereocenters. The van der Waals surface area contributed by atoms with Gasteiger partial charge < -0.3 is 10.4 Å². The van der Waals surface area contributed by atoms with Gasteiger partial charge in [0.1, 0.15) is 11.6 Å². The lowest BCUT2D eigenvalue weighted by Crippen LogP contribution is -2.21. The van der Waals surface area contributed by atoms with E-state index >= 15 is 0 Å². The van der Waals surface area contributed by atoms with Crippen molar-refractivity contribution in [2.45, 2.75) is 44.6 Å². The van der Waals surface area contributed by atoms with Crippen LogP contribution in [0.25, 0.3) is 0 Å². The first-order chi connectivity index (χ1) is 15.9. The van der Waals surface area contributed by atoms with Crippen LogP contribution in [0.1, 0.15) is 45.7 Å². The first kappa shape index (κ1) is 23.2. The molecule has 1 fully saturated rings. The van der Waals surface area contributed by atoms with E-state index < -0.39 is 11.6 Å². The molecule has 0 saturated carbocycles. The van der Waals surface area contributed by atoms with E-state index in [-0.39, 0.29) is 18.1 Å². The Bertz CT molecular complexity index is 1170. The Morgan fingerprint density at radius 1 is 0.939 bits per heavy atom. The summed E-state index contributed by atoms with van der Waals surface area (Å²) in [6.07, 6.45) is 2.36. The highest BCUT2D eigenvalue weighted by Crippen LogP contribution is 2.25. The van der Waals surface area contributed by atoms with Crippen LogP contribution < -0.4 is 5.32 Å². The van der Waals surface area contributed by atoms with Crippen LogP contribution in [0.15, 0.2) is 60.7 Å². The quantitative estimate of drug-likeness (QED) is 0.386. The number of aliphatic hydroxyl groups is 1. The van der Waals surface area contributed by atoms with Crippen molar-refractivity contribution >= 4 is 0 Å². The lowest BCUT2D eigenvalue weighted by molar-refractivity contribution is 0.244. The summed E-state index contributed by atoms with van der Waals surface area (Å²) in [7, 11) is 0. The van der Waals surface area contributed by atoms with Crippen molar-refractivity contribution in [3.05, 3.63) is 106 Å².